The molecule has 0 heterocycles. The second-order valence-corrected chi connectivity index (χ2v) is 5.42. The van der Waals surface area contributed by atoms with E-state index in [-0.39, 0.29) is 17.2 Å². The van der Waals surface area contributed by atoms with Gasteiger partial charge >= 0.3 is 0 Å². The number of benzene rings is 3. The Bertz CT molecular complexity index is 925. The van der Waals surface area contributed by atoms with E-state index < -0.39 is 11.7 Å². The van der Waals surface area contributed by atoms with Crippen LogP contribution in [0.3, 0.4) is 0 Å². The number of ether oxygens (including phenoxy) is 2. The number of hydrogen-bond acceptors (Lipinski definition) is 4. The third kappa shape index (κ3) is 4.10. The number of halogens is 1. The van der Waals surface area contributed by atoms with E-state index in [9.17, 15) is 14.3 Å². The first-order valence-corrected chi connectivity index (χ1v) is 7.77. The molecule has 0 fully saturated rings. The summed E-state index contributed by atoms with van der Waals surface area (Å²) in [4.78, 5) is 12.3. The lowest BCUT2D eigenvalue weighted by Crippen LogP contribution is -2.13. The molecule has 0 atom stereocenters. The summed E-state index contributed by atoms with van der Waals surface area (Å²) in [5.41, 5.74) is 0.393. The average Bonchev–Trinajstić information content (AvgIpc) is 2.66. The Morgan fingerprint density at radius 1 is 0.962 bits per heavy atom. The van der Waals surface area contributed by atoms with Gasteiger partial charge in [0.1, 0.15) is 28.8 Å². The lowest BCUT2D eigenvalue weighted by Gasteiger charge is -2.10. The van der Waals surface area contributed by atoms with Crippen LogP contribution in [0.5, 0.6) is 23.0 Å². The molecule has 0 unspecified atom stereocenters. The van der Waals surface area contributed by atoms with Gasteiger partial charge in [-0.25, -0.2) is 4.39 Å². The molecular weight excluding hydrogens is 337 g/mol. The Labute approximate surface area is 149 Å². The monoisotopic (exact) mass is 353 g/mol. The lowest BCUT2D eigenvalue weighted by molar-refractivity contribution is 0.102. The number of phenols is 1. The van der Waals surface area contributed by atoms with Gasteiger partial charge in [0.2, 0.25) is 0 Å². The van der Waals surface area contributed by atoms with E-state index in [4.69, 9.17) is 9.47 Å². The summed E-state index contributed by atoms with van der Waals surface area (Å²) in [7, 11) is 1.50. The number of methoxy groups -OCH3 is 1. The van der Waals surface area contributed by atoms with Crippen molar-refractivity contribution in [2.45, 2.75) is 0 Å². The molecule has 2 N–H and O–H groups in total. The lowest BCUT2D eigenvalue weighted by atomic mass is 10.2. The Kier molecular flexibility index (Phi) is 5.03. The minimum absolute atomic E-state index is 0.0378. The van der Waals surface area contributed by atoms with Gasteiger partial charge in [0.15, 0.2) is 0 Å². The summed E-state index contributed by atoms with van der Waals surface area (Å²) < 4.78 is 24.9. The summed E-state index contributed by atoms with van der Waals surface area (Å²) in [6.07, 6.45) is 0. The van der Waals surface area contributed by atoms with Crippen LogP contribution in [0.1, 0.15) is 10.4 Å². The first-order chi connectivity index (χ1) is 12.5. The maximum Gasteiger partial charge on any atom is 0.255 e. The van der Waals surface area contributed by atoms with E-state index in [0.717, 1.165) is 0 Å². The molecular formula is C20H16FNO4. The van der Waals surface area contributed by atoms with Crippen molar-refractivity contribution in [2.75, 3.05) is 12.4 Å². The van der Waals surface area contributed by atoms with Gasteiger partial charge in [-0.1, -0.05) is 6.07 Å². The van der Waals surface area contributed by atoms with Crippen LogP contribution in [0.25, 0.3) is 0 Å². The molecule has 0 radical (unpaired) electrons. The van der Waals surface area contributed by atoms with Crippen molar-refractivity contribution < 1.29 is 23.8 Å². The van der Waals surface area contributed by atoms with Crippen molar-refractivity contribution in [1.29, 1.82) is 0 Å². The third-order valence-electron chi connectivity index (χ3n) is 3.59. The van der Waals surface area contributed by atoms with Crippen LogP contribution in [0.15, 0.2) is 66.7 Å². The van der Waals surface area contributed by atoms with Gasteiger partial charge in [-0.2, -0.15) is 0 Å². The van der Waals surface area contributed by atoms with E-state index in [1.54, 1.807) is 36.4 Å². The number of rotatable bonds is 5. The number of hydrogen-bond donors (Lipinski definition) is 2. The summed E-state index contributed by atoms with van der Waals surface area (Å²) >= 11 is 0. The van der Waals surface area contributed by atoms with Gasteiger partial charge < -0.3 is 19.9 Å². The van der Waals surface area contributed by atoms with Crippen LogP contribution < -0.4 is 14.8 Å². The van der Waals surface area contributed by atoms with Crippen LogP contribution in [0, 0.1) is 5.82 Å². The van der Waals surface area contributed by atoms with E-state index in [2.05, 4.69) is 5.32 Å². The van der Waals surface area contributed by atoms with Crippen molar-refractivity contribution >= 4 is 11.6 Å². The first-order valence-electron chi connectivity index (χ1n) is 7.77. The quantitative estimate of drug-likeness (QED) is 0.704. The molecule has 132 valence electrons. The number of nitrogens with one attached hydrogen (secondary N) is 1. The average molecular weight is 353 g/mol. The van der Waals surface area contributed by atoms with Crippen LogP contribution in [-0.4, -0.2) is 18.1 Å². The number of carbonyl (C=O) groups excluding carboxylic acids is 1. The molecule has 3 aromatic rings. The van der Waals surface area contributed by atoms with Crippen LogP contribution in [0.4, 0.5) is 10.1 Å². The zero-order chi connectivity index (χ0) is 18.5. The summed E-state index contributed by atoms with van der Waals surface area (Å²) in [6.45, 7) is 0. The SMILES string of the molecule is COc1cccc(C(=O)Nc2ccc(Oc3ccc(O)cc3)cc2F)c1. The summed E-state index contributed by atoms with van der Waals surface area (Å²) in [5.74, 6) is 0.297. The second-order valence-electron chi connectivity index (χ2n) is 5.42. The molecule has 6 heteroatoms. The topological polar surface area (TPSA) is 67.8 Å². The fourth-order valence-corrected chi connectivity index (χ4v) is 2.27. The molecule has 3 rings (SSSR count). The number of aromatic hydroxyl groups is 1. The molecule has 5 nitrogen and oxygen atoms in total. The molecule has 0 aliphatic carbocycles. The Balaban J connectivity index is 1.72. The van der Waals surface area contributed by atoms with Gasteiger partial charge in [-0.3, -0.25) is 4.79 Å². The minimum atomic E-state index is -0.627. The highest BCUT2D eigenvalue weighted by Gasteiger charge is 2.11. The molecule has 0 aliphatic heterocycles. The van der Waals surface area contributed by atoms with Crippen LogP contribution in [0.2, 0.25) is 0 Å². The Morgan fingerprint density at radius 2 is 1.69 bits per heavy atom. The fraction of sp³-hybridized carbons (Fsp3) is 0.0500. The third-order valence-corrected chi connectivity index (χ3v) is 3.59. The zero-order valence-corrected chi connectivity index (χ0v) is 13.9. The summed E-state index contributed by atoms with van der Waals surface area (Å²) in [5, 5.41) is 11.8. The zero-order valence-electron chi connectivity index (χ0n) is 13.9. The molecule has 0 aliphatic rings. The van der Waals surface area contributed by atoms with Gasteiger partial charge in [0.25, 0.3) is 5.91 Å². The van der Waals surface area contributed by atoms with Gasteiger partial charge in [0, 0.05) is 11.6 Å². The van der Waals surface area contributed by atoms with Crippen molar-refractivity contribution in [2.24, 2.45) is 0 Å². The van der Waals surface area contributed by atoms with Crippen LogP contribution in [-0.2, 0) is 0 Å². The van der Waals surface area contributed by atoms with Crippen molar-refractivity contribution in [3.05, 3.63) is 78.1 Å². The highest BCUT2D eigenvalue weighted by Crippen LogP contribution is 2.27. The molecule has 0 saturated carbocycles. The second kappa shape index (κ2) is 7.57. The molecule has 0 saturated heterocycles. The fourth-order valence-electron chi connectivity index (χ4n) is 2.27. The Hall–Kier alpha value is -3.54. The van der Waals surface area contributed by atoms with Crippen LogP contribution >= 0.6 is 0 Å². The van der Waals surface area contributed by atoms with E-state index in [1.165, 1.54) is 37.4 Å². The maximum absolute atomic E-state index is 14.3. The number of anilines is 1. The highest BCUT2D eigenvalue weighted by atomic mass is 19.1. The van der Waals surface area contributed by atoms with E-state index in [0.29, 0.717) is 17.1 Å². The molecule has 0 spiro atoms. The normalized spacial score (nSPS) is 10.2. The van der Waals surface area contributed by atoms with Gasteiger partial charge in [-0.05, 0) is 54.6 Å². The summed E-state index contributed by atoms with van der Waals surface area (Å²) in [6, 6.07) is 16.8. The smallest absolute Gasteiger partial charge is 0.255 e. The van der Waals surface area contributed by atoms with E-state index >= 15 is 0 Å². The predicted molar refractivity (Wildman–Crippen MR) is 95.5 cm³/mol. The molecule has 3 aromatic carbocycles. The van der Waals surface area contributed by atoms with E-state index in [1.807, 2.05) is 0 Å². The minimum Gasteiger partial charge on any atom is -0.508 e. The van der Waals surface area contributed by atoms with Gasteiger partial charge in [0.05, 0.1) is 12.8 Å². The van der Waals surface area contributed by atoms with Crippen molar-refractivity contribution in [1.82, 2.24) is 0 Å². The number of amides is 1. The standard InChI is InChI=1S/C20H16FNO4/c1-25-16-4-2-3-13(11-16)20(24)22-19-10-9-17(12-18(19)21)26-15-7-5-14(23)6-8-15/h2-12,23H,1H3,(H,22,24). The van der Waals surface area contributed by atoms with Crippen molar-refractivity contribution in [3.63, 3.8) is 0 Å². The molecule has 26 heavy (non-hydrogen) atoms. The maximum atomic E-state index is 14.3. The first kappa shape index (κ1) is 17.3. The predicted octanol–water partition coefficient (Wildman–Crippen LogP) is 4.58. The molecule has 0 aromatic heterocycles. The molecule has 1 amide bonds. The Morgan fingerprint density at radius 3 is 2.38 bits per heavy atom. The van der Waals surface area contributed by atoms with Crippen molar-refractivity contribution in [3.8, 4) is 23.0 Å². The molecule has 0 bridgehead atoms. The van der Waals surface area contributed by atoms with Gasteiger partial charge in [-0.15, -0.1) is 0 Å². The number of phenolic OH excluding ortho intramolecular Hbond substituents is 1. The number of carbonyl (C=O) groups is 1. The highest BCUT2D eigenvalue weighted by molar-refractivity contribution is 6.04. The largest absolute Gasteiger partial charge is 0.508 e.